The summed E-state index contributed by atoms with van der Waals surface area (Å²) in [5.74, 6) is 1.48. The van der Waals surface area contributed by atoms with Crippen LogP contribution in [0.15, 0.2) is 18.2 Å². The Morgan fingerprint density at radius 1 is 1.38 bits per heavy atom. The van der Waals surface area contributed by atoms with Crippen molar-refractivity contribution >= 4 is 23.2 Å². The van der Waals surface area contributed by atoms with Gasteiger partial charge in [0.25, 0.3) is 0 Å². The van der Waals surface area contributed by atoms with E-state index in [-0.39, 0.29) is 0 Å². The molecule has 0 aliphatic heterocycles. The van der Waals surface area contributed by atoms with Gasteiger partial charge in [0.1, 0.15) is 5.75 Å². The standard InChI is InChI=1S/C13H16Cl2O/c1-16-13-6-5-11(14)8-10(13)7-9-3-2-4-12(9)15/h5-6,8-9,12H,2-4,7H2,1H3. The molecule has 1 saturated carbocycles. The number of hydrogen-bond donors (Lipinski definition) is 0. The van der Waals surface area contributed by atoms with E-state index in [0.29, 0.717) is 11.3 Å². The summed E-state index contributed by atoms with van der Waals surface area (Å²) < 4.78 is 5.34. The van der Waals surface area contributed by atoms with Gasteiger partial charge in [-0.05, 0) is 48.9 Å². The highest BCUT2D eigenvalue weighted by atomic mass is 35.5. The van der Waals surface area contributed by atoms with Gasteiger partial charge in [0.2, 0.25) is 0 Å². The van der Waals surface area contributed by atoms with E-state index in [1.807, 2.05) is 18.2 Å². The molecule has 1 nitrogen and oxygen atoms in total. The van der Waals surface area contributed by atoms with Gasteiger partial charge in [-0.3, -0.25) is 0 Å². The Morgan fingerprint density at radius 2 is 2.19 bits per heavy atom. The molecule has 0 saturated heterocycles. The first-order valence-corrected chi connectivity index (χ1v) is 6.48. The largest absolute Gasteiger partial charge is 0.496 e. The fourth-order valence-corrected chi connectivity index (χ4v) is 2.97. The average Bonchev–Trinajstić information content (AvgIpc) is 2.65. The number of alkyl halides is 1. The zero-order valence-electron chi connectivity index (χ0n) is 9.38. The van der Waals surface area contributed by atoms with E-state index in [0.717, 1.165) is 23.6 Å². The molecule has 0 heterocycles. The third-order valence-electron chi connectivity index (χ3n) is 3.29. The summed E-state index contributed by atoms with van der Waals surface area (Å²) >= 11 is 12.3. The number of halogens is 2. The van der Waals surface area contributed by atoms with Gasteiger partial charge in [-0.1, -0.05) is 18.0 Å². The second kappa shape index (κ2) is 5.29. The molecule has 0 spiro atoms. The summed E-state index contributed by atoms with van der Waals surface area (Å²) in [7, 11) is 1.69. The van der Waals surface area contributed by atoms with Gasteiger partial charge < -0.3 is 4.74 Å². The minimum atomic E-state index is 0.309. The zero-order chi connectivity index (χ0) is 11.5. The number of ether oxygens (including phenoxy) is 1. The first-order chi connectivity index (χ1) is 7.70. The number of methoxy groups -OCH3 is 1. The van der Waals surface area contributed by atoms with Crippen LogP contribution in [0, 0.1) is 5.92 Å². The van der Waals surface area contributed by atoms with E-state index >= 15 is 0 Å². The van der Waals surface area contributed by atoms with Crippen LogP contribution in [0.4, 0.5) is 0 Å². The average molecular weight is 259 g/mol. The molecule has 1 fully saturated rings. The van der Waals surface area contributed by atoms with Crippen molar-refractivity contribution in [2.75, 3.05) is 7.11 Å². The van der Waals surface area contributed by atoms with E-state index in [9.17, 15) is 0 Å². The van der Waals surface area contributed by atoms with Crippen LogP contribution < -0.4 is 4.74 Å². The molecule has 2 unspecified atom stereocenters. The molecule has 0 radical (unpaired) electrons. The molecule has 1 aliphatic rings. The van der Waals surface area contributed by atoms with Crippen LogP contribution in [0.2, 0.25) is 5.02 Å². The predicted octanol–water partition coefficient (Wildman–Crippen LogP) is 4.30. The SMILES string of the molecule is COc1ccc(Cl)cc1CC1CCCC1Cl. The Hall–Kier alpha value is -0.400. The van der Waals surface area contributed by atoms with Crippen LogP contribution in [-0.2, 0) is 6.42 Å². The molecule has 88 valence electrons. The van der Waals surface area contributed by atoms with Crippen molar-refractivity contribution in [1.82, 2.24) is 0 Å². The third kappa shape index (κ3) is 2.64. The second-order valence-corrected chi connectivity index (χ2v) is 5.36. The lowest BCUT2D eigenvalue weighted by Crippen LogP contribution is -2.10. The second-order valence-electron chi connectivity index (χ2n) is 4.37. The lowest BCUT2D eigenvalue weighted by molar-refractivity contribution is 0.404. The summed E-state index contributed by atoms with van der Waals surface area (Å²) in [5.41, 5.74) is 1.17. The van der Waals surface area contributed by atoms with Crippen molar-refractivity contribution in [2.45, 2.75) is 31.1 Å². The Labute approximate surface area is 107 Å². The maximum atomic E-state index is 6.29. The minimum absolute atomic E-state index is 0.309. The molecule has 3 heteroatoms. The van der Waals surface area contributed by atoms with Crippen LogP contribution in [0.3, 0.4) is 0 Å². The molecular formula is C13H16Cl2O. The minimum Gasteiger partial charge on any atom is -0.496 e. The maximum absolute atomic E-state index is 6.29. The summed E-state index contributed by atoms with van der Waals surface area (Å²) in [4.78, 5) is 0. The molecule has 0 aromatic heterocycles. The van der Waals surface area contributed by atoms with Gasteiger partial charge in [-0.25, -0.2) is 0 Å². The first-order valence-electron chi connectivity index (χ1n) is 5.67. The molecule has 0 N–H and O–H groups in total. The first kappa shape index (κ1) is 12.1. The summed E-state index contributed by atoms with van der Waals surface area (Å²) in [6, 6.07) is 5.77. The van der Waals surface area contributed by atoms with Crippen LogP contribution in [0.25, 0.3) is 0 Å². The van der Waals surface area contributed by atoms with Crippen molar-refractivity contribution in [1.29, 1.82) is 0 Å². The molecule has 0 bridgehead atoms. The van der Waals surface area contributed by atoms with Gasteiger partial charge in [-0.15, -0.1) is 11.6 Å². The molecule has 16 heavy (non-hydrogen) atoms. The molecule has 1 aromatic rings. The quantitative estimate of drug-likeness (QED) is 0.735. The van der Waals surface area contributed by atoms with Crippen LogP contribution in [-0.4, -0.2) is 12.5 Å². The Balaban J connectivity index is 2.16. The van der Waals surface area contributed by atoms with Gasteiger partial charge in [0, 0.05) is 10.4 Å². The summed E-state index contributed by atoms with van der Waals surface area (Å²) in [6.45, 7) is 0. The van der Waals surface area contributed by atoms with E-state index in [1.165, 1.54) is 18.4 Å². The van der Waals surface area contributed by atoms with E-state index in [1.54, 1.807) is 7.11 Å². The topological polar surface area (TPSA) is 9.23 Å². The van der Waals surface area contributed by atoms with Crippen LogP contribution in [0.1, 0.15) is 24.8 Å². The molecule has 1 aromatic carbocycles. The highest BCUT2D eigenvalue weighted by Gasteiger charge is 2.26. The van der Waals surface area contributed by atoms with Gasteiger partial charge in [-0.2, -0.15) is 0 Å². The van der Waals surface area contributed by atoms with Crippen molar-refractivity contribution in [2.24, 2.45) is 5.92 Å². The highest BCUT2D eigenvalue weighted by Crippen LogP contribution is 2.35. The number of benzene rings is 1. The number of rotatable bonds is 3. The summed E-state index contributed by atoms with van der Waals surface area (Å²) in [5, 5.41) is 1.07. The fourth-order valence-electron chi connectivity index (χ4n) is 2.41. The van der Waals surface area contributed by atoms with Crippen LogP contribution >= 0.6 is 23.2 Å². The third-order valence-corrected chi connectivity index (χ3v) is 4.10. The smallest absolute Gasteiger partial charge is 0.122 e. The molecule has 0 amide bonds. The lowest BCUT2D eigenvalue weighted by atomic mass is 9.97. The Kier molecular flexibility index (Phi) is 3.99. The highest BCUT2D eigenvalue weighted by molar-refractivity contribution is 6.30. The molecule has 1 aliphatic carbocycles. The molecule has 2 rings (SSSR count). The van der Waals surface area contributed by atoms with Gasteiger partial charge >= 0.3 is 0 Å². The normalized spacial score (nSPS) is 24.7. The van der Waals surface area contributed by atoms with Crippen molar-refractivity contribution < 1.29 is 4.74 Å². The number of hydrogen-bond acceptors (Lipinski definition) is 1. The van der Waals surface area contributed by atoms with Crippen LogP contribution in [0.5, 0.6) is 5.75 Å². The maximum Gasteiger partial charge on any atom is 0.122 e. The summed E-state index contributed by atoms with van der Waals surface area (Å²) in [6.07, 6.45) is 4.55. The van der Waals surface area contributed by atoms with E-state index in [4.69, 9.17) is 27.9 Å². The predicted molar refractivity (Wildman–Crippen MR) is 68.7 cm³/mol. The van der Waals surface area contributed by atoms with Gasteiger partial charge in [0.05, 0.1) is 7.11 Å². The van der Waals surface area contributed by atoms with Gasteiger partial charge in [0.15, 0.2) is 0 Å². The molecule has 2 atom stereocenters. The Morgan fingerprint density at radius 3 is 2.81 bits per heavy atom. The fraction of sp³-hybridized carbons (Fsp3) is 0.538. The van der Waals surface area contributed by atoms with Crippen molar-refractivity contribution in [3.05, 3.63) is 28.8 Å². The monoisotopic (exact) mass is 258 g/mol. The van der Waals surface area contributed by atoms with Crippen molar-refractivity contribution in [3.8, 4) is 5.75 Å². The van der Waals surface area contributed by atoms with E-state index < -0.39 is 0 Å². The lowest BCUT2D eigenvalue weighted by Gasteiger charge is -2.16. The molecular weight excluding hydrogens is 243 g/mol. The van der Waals surface area contributed by atoms with E-state index in [2.05, 4.69) is 0 Å². The zero-order valence-corrected chi connectivity index (χ0v) is 10.9. The van der Waals surface area contributed by atoms with Crippen molar-refractivity contribution in [3.63, 3.8) is 0 Å². The Bertz CT molecular complexity index is 365.